The average molecular weight is 301 g/mol. The monoisotopic (exact) mass is 301 g/mol. The van der Waals surface area contributed by atoms with E-state index in [1.54, 1.807) is 36.0 Å². The predicted molar refractivity (Wildman–Crippen MR) is 77.8 cm³/mol. The van der Waals surface area contributed by atoms with Crippen LogP contribution in [-0.2, 0) is 14.8 Å². The molecule has 6 nitrogen and oxygen atoms in total. The van der Waals surface area contributed by atoms with Gasteiger partial charge < -0.3 is 5.32 Å². The van der Waals surface area contributed by atoms with Crippen LogP contribution in [0.25, 0.3) is 0 Å². The summed E-state index contributed by atoms with van der Waals surface area (Å²) in [7, 11) is -3.28. The number of anilines is 2. The number of thioether (sulfide) groups is 1. The van der Waals surface area contributed by atoms with E-state index in [0.717, 1.165) is 17.9 Å². The molecule has 1 aromatic carbocycles. The third-order valence-corrected chi connectivity index (χ3v) is 4.03. The van der Waals surface area contributed by atoms with E-state index < -0.39 is 10.0 Å². The molecule has 1 aliphatic heterocycles. The standard InChI is InChI=1S/C11H15N3O3S2/c1-19(16,17)14-9-4-2-8(3-5-9)13-11(15)10-6-18-7-12-10/h2-5,10,12,14H,6-7H2,1H3,(H,13,15). The van der Waals surface area contributed by atoms with E-state index in [4.69, 9.17) is 0 Å². The van der Waals surface area contributed by atoms with Crippen LogP contribution in [-0.4, -0.2) is 38.3 Å². The molecular weight excluding hydrogens is 286 g/mol. The van der Waals surface area contributed by atoms with Crippen LogP contribution in [0, 0.1) is 0 Å². The number of sulfonamides is 1. The zero-order valence-corrected chi connectivity index (χ0v) is 12.0. The van der Waals surface area contributed by atoms with Gasteiger partial charge in [-0.05, 0) is 24.3 Å². The number of carbonyl (C=O) groups excluding carboxylic acids is 1. The molecule has 1 aromatic rings. The van der Waals surface area contributed by atoms with Crippen LogP contribution in [0.2, 0.25) is 0 Å². The smallest absolute Gasteiger partial charge is 0.242 e. The molecule has 0 aromatic heterocycles. The van der Waals surface area contributed by atoms with Gasteiger partial charge in [-0.1, -0.05) is 0 Å². The molecule has 0 saturated carbocycles. The third-order valence-electron chi connectivity index (χ3n) is 2.49. The van der Waals surface area contributed by atoms with Crippen LogP contribution in [0.15, 0.2) is 24.3 Å². The number of rotatable bonds is 4. The number of benzene rings is 1. The Kier molecular flexibility index (Phi) is 4.33. The maximum atomic E-state index is 11.8. The number of nitrogens with one attached hydrogen (secondary N) is 3. The molecule has 0 spiro atoms. The van der Waals surface area contributed by atoms with Crippen molar-refractivity contribution < 1.29 is 13.2 Å². The lowest BCUT2D eigenvalue weighted by Crippen LogP contribution is -2.37. The van der Waals surface area contributed by atoms with Gasteiger partial charge in [0.25, 0.3) is 0 Å². The SMILES string of the molecule is CS(=O)(=O)Nc1ccc(NC(=O)C2CSCN2)cc1. The highest BCUT2D eigenvalue weighted by atomic mass is 32.2. The van der Waals surface area contributed by atoms with Gasteiger partial charge in [0.15, 0.2) is 0 Å². The van der Waals surface area contributed by atoms with Gasteiger partial charge in [-0.3, -0.25) is 14.8 Å². The third kappa shape index (κ3) is 4.41. The first-order valence-electron chi connectivity index (χ1n) is 5.64. The van der Waals surface area contributed by atoms with Crippen LogP contribution in [0.5, 0.6) is 0 Å². The topological polar surface area (TPSA) is 87.3 Å². The van der Waals surface area contributed by atoms with E-state index in [2.05, 4.69) is 15.4 Å². The molecule has 8 heteroatoms. The van der Waals surface area contributed by atoms with Crippen molar-refractivity contribution >= 4 is 39.1 Å². The molecule has 1 fully saturated rings. The lowest BCUT2D eigenvalue weighted by Gasteiger charge is -2.11. The van der Waals surface area contributed by atoms with Gasteiger partial charge in [0.05, 0.1) is 12.3 Å². The molecule has 0 radical (unpaired) electrons. The molecule has 0 aliphatic carbocycles. The molecule has 3 N–H and O–H groups in total. The summed E-state index contributed by atoms with van der Waals surface area (Å²) in [5.41, 5.74) is 1.11. The summed E-state index contributed by atoms with van der Waals surface area (Å²) in [5, 5.41) is 5.86. The summed E-state index contributed by atoms with van der Waals surface area (Å²) in [5.74, 6) is 1.48. The molecule has 1 unspecified atom stereocenters. The number of amides is 1. The molecule has 2 rings (SSSR count). The average Bonchev–Trinajstić information content (AvgIpc) is 2.83. The van der Waals surface area contributed by atoms with Crippen molar-refractivity contribution in [2.75, 3.05) is 27.9 Å². The Morgan fingerprint density at radius 3 is 2.47 bits per heavy atom. The van der Waals surface area contributed by atoms with Gasteiger partial charge in [-0.25, -0.2) is 8.42 Å². The van der Waals surface area contributed by atoms with Crippen molar-refractivity contribution in [3.05, 3.63) is 24.3 Å². The number of hydrogen-bond acceptors (Lipinski definition) is 5. The minimum atomic E-state index is -3.28. The van der Waals surface area contributed by atoms with E-state index in [0.29, 0.717) is 11.4 Å². The van der Waals surface area contributed by atoms with Gasteiger partial charge in [0, 0.05) is 23.0 Å². The van der Waals surface area contributed by atoms with E-state index in [1.165, 1.54) is 0 Å². The molecule has 1 atom stereocenters. The summed E-state index contributed by atoms with van der Waals surface area (Å²) >= 11 is 1.68. The largest absolute Gasteiger partial charge is 0.325 e. The molecule has 104 valence electrons. The number of carbonyl (C=O) groups is 1. The van der Waals surface area contributed by atoms with Crippen LogP contribution >= 0.6 is 11.8 Å². The van der Waals surface area contributed by atoms with Crippen LogP contribution in [0.4, 0.5) is 11.4 Å². The first kappa shape index (κ1) is 14.2. The molecule has 1 heterocycles. The second kappa shape index (κ2) is 5.81. The first-order valence-corrected chi connectivity index (χ1v) is 8.68. The van der Waals surface area contributed by atoms with Gasteiger partial charge in [0.2, 0.25) is 15.9 Å². The van der Waals surface area contributed by atoms with Crippen molar-refractivity contribution in [1.82, 2.24) is 5.32 Å². The first-order chi connectivity index (χ1) is 8.94. The Balaban J connectivity index is 1.96. The zero-order chi connectivity index (χ0) is 13.9. The zero-order valence-electron chi connectivity index (χ0n) is 10.3. The molecular formula is C11H15N3O3S2. The molecule has 1 saturated heterocycles. The van der Waals surface area contributed by atoms with Crippen LogP contribution in [0.1, 0.15) is 0 Å². The Hall–Kier alpha value is -1.25. The minimum absolute atomic E-state index is 0.0752. The Labute approximate surface area is 116 Å². The van der Waals surface area contributed by atoms with Crippen molar-refractivity contribution in [2.45, 2.75) is 6.04 Å². The van der Waals surface area contributed by atoms with Gasteiger partial charge in [-0.15, -0.1) is 11.8 Å². The Morgan fingerprint density at radius 1 is 1.32 bits per heavy atom. The quantitative estimate of drug-likeness (QED) is 0.760. The van der Waals surface area contributed by atoms with E-state index >= 15 is 0 Å². The highest BCUT2D eigenvalue weighted by Crippen LogP contribution is 2.16. The fourth-order valence-electron chi connectivity index (χ4n) is 1.63. The van der Waals surface area contributed by atoms with Gasteiger partial charge in [-0.2, -0.15) is 0 Å². The lowest BCUT2D eigenvalue weighted by atomic mass is 10.2. The fraction of sp³-hybridized carbons (Fsp3) is 0.364. The van der Waals surface area contributed by atoms with Gasteiger partial charge in [0.1, 0.15) is 0 Å². The maximum Gasteiger partial charge on any atom is 0.242 e. The highest BCUT2D eigenvalue weighted by Gasteiger charge is 2.22. The van der Waals surface area contributed by atoms with Crippen LogP contribution in [0.3, 0.4) is 0 Å². The van der Waals surface area contributed by atoms with E-state index in [-0.39, 0.29) is 11.9 Å². The fourth-order valence-corrected chi connectivity index (χ4v) is 3.13. The summed E-state index contributed by atoms with van der Waals surface area (Å²) in [4.78, 5) is 11.8. The minimum Gasteiger partial charge on any atom is -0.325 e. The summed E-state index contributed by atoms with van der Waals surface area (Å²) in [6.07, 6.45) is 1.09. The highest BCUT2D eigenvalue weighted by molar-refractivity contribution is 7.99. The summed E-state index contributed by atoms with van der Waals surface area (Å²) in [6.45, 7) is 0. The molecule has 1 aliphatic rings. The second-order valence-corrected chi connectivity index (χ2v) is 6.99. The van der Waals surface area contributed by atoms with Crippen LogP contribution < -0.4 is 15.4 Å². The van der Waals surface area contributed by atoms with E-state index in [1.807, 2.05) is 0 Å². The second-order valence-electron chi connectivity index (χ2n) is 4.21. The molecule has 19 heavy (non-hydrogen) atoms. The number of hydrogen-bond donors (Lipinski definition) is 3. The summed E-state index contributed by atoms with van der Waals surface area (Å²) in [6, 6.07) is 6.36. The lowest BCUT2D eigenvalue weighted by molar-refractivity contribution is -0.117. The Morgan fingerprint density at radius 2 is 1.95 bits per heavy atom. The van der Waals surface area contributed by atoms with Crippen molar-refractivity contribution in [3.8, 4) is 0 Å². The van der Waals surface area contributed by atoms with E-state index in [9.17, 15) is 13.2 Å². The van der Waals surface area contributed by atoms with Crippen molar-refractivity contribution in [1.29, 1.82) is 0 Å². The van der Waals surface area contributed by atoms with Gasteiger partial charge >= 0.3 is 0 Å². The maximum absolute atomic E-state index is 11.8. The normalized spacial score (nSPS) is 19.1. The summed E-state index contributed by atoms with van der Waals surface area (Å²) < 4.78 is 24.5. The van der Waals surface area contributed by atoms with Crippen molar-refractivity contribution in [2.24, 2.45) is 0 Å². The predicted octanol–water partition coefficient (Wildman–Crippen LogP) is 0.659. The Bertz CT molecular complexity index is 551. The molecule has 1 amide bonds. The van der Waals surface area contributed by atoms with Crippen molar-refractivity contribution in [3.63, 3.8) is 0 Å². The molecule has 0 bridgehead atoms.